The first-order chi connectivity index (χ1) is 4.74. The first-order valence-electron chi connectivity index (χ1n) is 2.88. The van der Waals surface area contributed by atoms with Crippen LogP contribution in [0.15, 0.2) is 22.7 Å². The van der Waals surface area contributed by atoms with Gasteiger partial charge in [0, 0.05) is 11.0 Å². The van der Waals surface area contributed by atoms with E-state index in [0.29, 0.717) is 6.54 Å². The largest absolute Gasteiger partial charge is 0.326 e. The van der Waals surface area contributed by atoms with Crippen molar-refractivity contribution in [3.63, 3.8) is 0 Å². The molecule has 1 aromatic carbocycles. The molecule has 0 aliphatic rings. The molecule has 0 unspecified atom stereocenters. The molecule has 0 atom stereocenters. The van der Waals surface area contributed by atoms with Crippen LogP contribution in [0.1, 0.15) is 5.56 Å². The molecule has 0 saturated carbocycles. The Kier molecular flexibility index (Phi) is 2.40. The summed E-state index contributed by atoms with van der Waals surface area (Å²) < 4.78 is 13.1. The number of rotatable bonds is 1. The van der Waals surface area contributed by atoms with E-state index in [4.69, 9.17) is 5.73 Å². The predicted octanol–water partition coefficient (Wildman–Crippen LogP) is 2.05. The Morgan fingerprint density at radius 2 is 2.20 bits per heavy atom. The normalized spacial score (nSPS) is 9.90. The zero-order chi connectivity index (χ0) is 7.56. The summed E-state index contributed by atoms with van der Waals surface area (Å²) in [6.45, 7) is 0.431. The molecule has 0 aromatic heterocycles. The van der Waals surface area contributed by atoms with Crippen molar-refractivity contribution in [3.8, 4) is 0 Å². The van der Waals surface area contributed by atoms with Gasteiger partial charge >= 0.3 is 0 Å². The minimum atomic E-state index is -0.246. The quantitative estimate of drug-likeness (QED) is 0.744. The minimum absolute atomic E-state index is 0.246. The minimum Gasteiger partial charge on any atom is -0.326 e. The maximum absolute atomic E-state index is 12.4. The fraction of sp³-hybridized carbons (Fsp3) is 0.143. The second-order valence-corrected chi connectivity index (χ2v) is 2.79. The number of nitrogens with two attached hydrogens (primary N) is 1. The Hall–Kier alpha value is -0.410. The predicted molar refractivity (Wildman–Crippen MR) is 42.0 cm³/mol. The van der Waals surface area contributed by atoms with Gasteiger partial charge in [-0.1, -0.05) is 22.0 Å². The molecule has 0 spiro atoms. The molecular formula is C7H7BrFN. The second-order valence-electron chi connectivity index (χ2n) is 1.94. The third kappa shape index (κ3) is 1.55. The van der Waals surface area contributed by atoms with Gasteiger partial charge in [-0.25, -0.2) is 4.39 Å². The molecule has 0 aliphatic heterocycles. The Bertz CT molecular complexity index is 237. The van der Waals surface area contributed by atoms with Crippen LogP contribution in [-0.2, 0) is 6.54 Å². The summed E-state index contributed by atoms with van der Waals surface area (Å²) in [5, 5.41) is 0. The van der Waals surface area contributed by atoms with Crippen LogP contribution in [0.2, 0.25) is 0 Å². The average molecular weight is 204 g/mol. The zero-order valence-electron chi connectivity index (χ0n) is 5.27. The van der Waals surface area contributed by atoms with Crippen molar-refractivity contribution in [1.82, 2.24) is 0 Å². The van der Waals surface area contributed by atoms with Crippen LogP contribution < -0.4 is 5.73 Å². The summed E-state index contributed by atoms with van der Waals surface area (Å²) >= 11 is 3.19. The smallest absolute Gasteiger partial charge is 0.124 e. The van der Waals surface area contributed by atoms with E-state index in [0.717, 1.165) is 10.0 Å². The summed E-state index contributed by atoms with van der Waals surface area (Å²) in [6, 6.07) is 4.47. The van der Waals surface area contributed by atoms with Gasteiger partial charge in [0.15, 0.2) is 0 Å². The number of hydrogen-bond donors (Lipinski definition) is 1. The van der Waals surface area contributed by atoms with Crippen molar-refractivity contribution in [2.24, 2.45) is 5.73 Å². The van der Waals surface area contributed by atoms with Crippen LogP contribution in [0.5, 0.6) is 0 Å². The fourth-order valence-corrected chi connectivity index (χ4v) is 1.20. The van der Waals surface area contributed by atoms with E-state index in [1.165, 1.54) is 12.1 Å². The fourth-order valence-electron chi connectivity index (χ4n) is 0.687. The first kappa shape index (κ1) is 7.69. The maximum atomic E-state index is 12.4. The second kappa shape index (κ2) is 3.12. The first-order valence-corrected chi connectivity index (χ1v) is 3.67. The van der Waals surface area contributed by atoms with Crippen molar-refractivity contribution in [3.05, 3.63) is 34.1 Å². The van der Waals surface area contributed by atoms with E-state index < -0.39 is 0 Å². The van der Waals surface area contributed by atoms with E-state index in [-0.39, 0.29) is 5.82 Å². The van der Waals surface area contributed by atoms with Gasteiger partial charge in [0.1, 0.15) is 5.82 Å². The lowest BCUT2D eigenvalue weighted by molar-refractivity contribution is 0.626. The van der Waals surface area contributed by atoms with Crippen molar-refractivity contribution < 1.29 is 4.39 Å². The van der Waals surface area contributed by atoms with Gasteiger partial charge in [-0.3, -0.25) is 0 Å². The molecule has 0 fully saturated rings. The van der Waals surface area contributed by atoms with Gasteiger partial charge < -0.3 is 5.73 Å². The number of halogens is 2. The molecule has 0 aliphatic carbocycles. The van der Waals surface area contributed by atoms with E-state index in [1.54, 1.807) is 6.07 Å². The molecule has 0 amide bonds. The van der Waals surface area contributed by atoms with Crippen LogP contribution in [-0.4, -0.2) is 0 Å². The van der Waals surface area contributed by atoms with Gasteiger partial charge in [0.25, 0.3) is 0 Å². The molecule has 1 nitrogen and oxygen atoms in total. The van der Waals surface area contributed by atoms with Crippen LogP contribution in [0.3, 0.4) is 0 Å². The molecule has 1 aromatic rings. The van der Waals surface area contributed by atoms with Crippen molar-refractivity contribution in [2.45, 2.75) is 6.54 Å². The van der Waals surface area contributed by atoms with E-state index >= 15 is 0 Å². The van der Waals surface area contributed by atoms with Gasteiger partial charge in [-0.2, -0.15) is 0 Å². The summed E-state index contributed by atoms with van der Waals surface area (Å²) in [6.07, 6.45) is 0. The SMILES string of the molecule is NCc1ccc(F)cc1Br. The summed E-state index contributed by atoms with van der Waals surface area (Å²) in [5.74, 6) is -0.246. The van der Waals surface area contributed by atoms with Gasteiger partial charge in [-0.05, 0) is 17.7 Å². The number of hydrogen-bond acceptors (Lipinski definition) is 1. The van der Waals surface area contributed by atoms with Gasteiger partial charge in [0.2, 0.25) is 0 Å². The van der Waals surface area contributed by atoms with Gasteiger partial charge in [0.05, 0.1) is 0 Å². The average Bonchev–Trinajstić information content (AvgIpc) is 1.88. The highest BCUT2D eigenvalue weighted by Gasteiger charge is 1.97. The molecule has 3 heteroatoms. The Morgan fingerprint density at radius 3 is 2.70 bits per heavy atom. The van der Waals surface area contributed by atoms with E-state index in [1.807, 2.05) is 0 Å². The van der Waals surface area contributed by atoms with Crippen LogP contribution in [0, 0.1) is 5.82 Å². The van der Waals surface area contributed by atoms with Crippen molar-refractivity contribution in [2.75, 3.05) is 0 Å². The zero-order valence-corrected chi connectivity index (χ0v) is 6.86. The molecule has 0 saturated heterocycles. The molecule has 1 rings (SSSR count). The van der Waals surface area contributed by atoms with E-state index in [9.17, 15) is 4.39 Å². The summed E-state index contributed by atoms with van der Waals surface area (Å²) in [7, 11) is 0. The third-order valence-electron chi connectivity index (χ3n) is 1.24. The van der Waals surface area contributed by atoms with Crippen molar-refractivity contribution in [1.29, 1.82) is 0 Å². The highest BCUT2D eigenvalue weighted by Crippen LogP contribution is 2.16. The molecule has 0 bridgehead atoms. The van der Waals surface area contributed by atoms with Crippen molar-refractivity contribution >= 4 is 15.9 Å². The molecular weight excluding hydrogens is 197 g/mol. The van der Waals surface area contributed by atoms with E-state index in [2.05, 4.69) is 15.9 Å². The Labute approximate surface area is 67.2 Å². The summed E-state index contributed by atoms with van der Waals surface area (Å²) in [5.41, 5.74) is 6.27. The molecule has 10 heavy (non-hydrogen) atoms. The third-order valence-corrected chi connectivity index (χ3v) is 1.97. The highest BCUT2D eigenvalue weighted by molar-refractivity contribution is 9.10. The van der Waals surface area contributed by atoms with Crippen LogP contribution >= 0.6 is 15.9 Å². The number of benzene rings is 1. The highest BCUT2D eigenvalue weighted by atomic mass is 79.9. The Balaban J connectivity index is 3.07. The molecule has 0 radical (unpaired) electrons. The summed E-state index contributed by atoms with van der Waals surface area (Å²) in [4.78, 5) is 0. The maximum Gasteiger partial charge on any atom is 0.124 e. The topological polar surface area (TPSA) is 26.0 Å². The van der Waals surface area contributed by atoms with Crippen LogP contribution in [0.4, 0.5) is 4.39 Å². The van der Waals surface area contributed by atoms with Crippen LogP contribution in [0.25, 0.3) is 0 Å². The lowest BCUT2D eigenvalue weighted by Crippen LogP contribution is -1.97. The van der Waals surface area contributed by atoms with Gasteiger partial charge in [-0.15, -0.1) is 0 Å². The lowest BCUT2D eigenvalue weighted by Gasteiger charge is -1.98. The molecule has 54 valence electrons. The standard InChI is InChI=1S/C7H7BrFN/c8-7-3-6(9)2-1-5(7)4-10/h1-3H,4,10H2. The molecule has 2 N–H and O–H groups in total. The monoisotopic (exact) mass is 203 g/mol. The lowest BCUT2D eigenvalue weighted by atomic mass is 10.2. The molecule has 0 heterocycles. The Morgan fingerprint density at radius 1 is 1.50 bits per heavy atom.